The molecular formula is C23H17F3N2O2. The third-order valence-electron chi connectivity index (χ3n) is 4.35. The Kier molecular flexibility index (Phi) is 6.38. The van der Waals surface area contributed by atoms with Gasteiger partial charge in [-0.15, -0.1) is 0 Å². The highest BCUT2D eigenvalue weighted by Gasteiger charge is 2.30. The maximum atomic E-state index is 12.8. The summed E-state index contributed by atoms with van der Waals surface area (Å²) in [6, 6.07) is 20.3. The van der Waals surface area contributed by atoms with Crippen LogP contribution in [0.2, 0.25) is 0 Å². The normalized spacial score (nSPS) is 10.9. The molecule has 3 aromatic rings. The monoisotopic (exact) mass is 410 g/mol. The topological polar surface area (TPSA) is 62.1 Å². The van der Waals surface area contributed by atoms with E-state index in [0.29, 0.717) is 22.4 Å². The molecule has 152 valence electrons. The summed E-state index contributed by atoms with van der Waals surface area (Å²) in [5, 5.41) is 11.4. The van der Waals surface area contributed by atoms with Crippen molar-refractivity contribution in [1.82, 2.24) is 5.32 Å². The molecule has 0 aliphatic heterocycles. The lowest BCUT2D eigenvalue weighted by molar-refractivity contribution is -0.137. The van der Waals surface area contributed by atoms with Crippen molar-refractivity contribution in [2.45, 2.75) is 12.7 Å². The summed E-state index contributed by atoms with van der Waals surface area (Å²) in [7, 11) is 0. The smallest absolute Gasteiger partial charge is 0.416 e. The molecule has 0 saturated heterocycles. The number of amides is 1. The van der Waals surface area contributed by atoms with Gasteiger partial charge in [-0.2, -0.15) is 18.4 Å². The molecule has 3 rings (SSSR count). The van der Waals surface area contributed by atoms with Crippen LogP contribution in [0.5, 0.6) is 5.75 Å². The number of benzene rings is 3. The van der Waals surface area contributed by atoms with Crippen molar-refractivity contribution in [2.24, 2.45) is 0 Å². The van der Waals surface area contributed by atoms with Gasteiger partial charge in [0.2, 0.25) is 0 Å². The van der Waals surface area contributed by atoms with Crippen molar-refractivity contribution in [3.05, 3.63) is 89.5 Å². The molecule has 0 spiro atoms. The van der Waals surface area contributed by atoms with Gasteiger partial charge < -0.3 is 10.1 Å². The summed E-state index contributed by atoms with van der Waals surface area (Å²) in [6.07, 6.45) is -4.42. The molecule has 1 N–H and O–H groups in total. The Morgan fingerprint density at radius 2 is 1.73 bits per heavy atom. The molecule has 7 heteroatoms. The van der Waals surface area contributed by atoms with Gasteiger partial charge in [0, 0.05) is 12.1 Å². The van der Waals surface area contributed by atoms with Crippen LogP contribution in [0, 0.1) is 11.3 Å². The molecule has 0 aromatic heterocycles. The van der Waals surface area contributed by atoms with Crippen molar-refractivity contribution in [2.75, 3.05) is 6.61 Å². The molecular weight excluding hydrogens is 393 g/mol. The molecule has 4 nitrogen and oxygen atoms in total. The minimum absolute atomic E-state index is 0.0731. The van der Waals surface area contributed by atoms with Crippen LogP contribution in [0.4, 0.5) is 13.2 Å². The maximum Gasteiger partial charge on any atom is 0.416 e. The lowest BCUT2D eigenvalue weighted by Crippen LogP contribution is -2.23. The second-order valence-electron chi connectivity index (χ2n) is 6.40. The number of alkyl halides is 3. The first-order valence-electron chi connectivity index (χ1n) is 9.02. The predicted molar refractivity (Wildman–Crippen MR) is 106 cm³/mol. The van der Waals surface area contributed by atoms with Gasteiger partial charge in [0.25, 0.3) is 5.91 Å². The average molecular weight is 410 g/mol. The van der Waals surface area contributed by atoms with Gasteiger partial charge in [0.1, 0.15) is 11.8 Å². The Hall–Kier alpha value is -3.79. The number of nitrogens with one attached hydrogen (secondary N) is 1. The van der Waals surface area contributed by atoms with Crippen molar-refractivity contribution in [3.8, 4) is 22.9 Å². The molecule has 30 heavy (non-hydrogen) atoms. The van der Waals surface area contributed by atoms with Crippen LogP contribution in [0.1, 0.15) is 21.5 Å². The third kappa shape index (κ3) is 5.17. The van der Waals surface area contributed by atoms with Crippen molar-refractivity contribution < 1.29 is 22.7 Å². The first-order valence-corrected chi connectivity index (χ1v) is 9.02. The van der Waals surface area contributed by atoms with Crippen molar-refractivity contribution >= 4 is 5.91 Å². The SMILES string of the molecule is N#CCOc1cccc(CNC(=O)c2ccccc2-c2ccc(C(F)(F)F)cc2)c1. The lowest BCUT2D eigenvalue weighted by atomic mass is 9.98. The standard InChI is InChI=1S/C23H17F3N2O2/c24-23(25,26)18-10-8-17(9-11-18)20-6-1-2-7-21(20)22(29)28-15-16-4-3-5-19(14-16)30-13-12-27/h1-11,14H,13,15H2,(H,28,29). The molecule has 0 atom stereocenters. The van der Waals surface area contributed by atoms with Crippen LogP contribution in [0.15, 0.2) is 72.8 Å². The molecule has 0 unspecified atom stereocenters. The Morgan fingerprint density at radius 3 is 2.43 bits per heavy atom. The van der Waals surface area contributed by atoms with E-state index >= 15 is 0 Å². The molecule has 1 amide bonds. The molecule has 0 bridgehead atoms. The number of carbonyl (C=O) groups is 1. The van der Waals surface area contributed by atoms with Crippen molar-refractivity contribution in [3.63, 3.8) is 0 Å². The van der Waals surface area contributed by atoms with Gasteiger partial charge >= 0.3 is 6.18 Å². The van der Waals surface area contributed by atoms with Gasteiger partial charge in [-0.25, -0.2) is 0 Å². The minimum atomic E-state index is -4.42. The van der Waals surface area contributed by atoms with E-state index in [1.54, 1.807) is 48.5 Å². The molecule has 0 fully saturated rings. The van der Waals surface area contributed by atoms with Gasteiger partial charge in [0.05, 0.1) is 5.56 Å². The van der Waals surface area contributed by atoms with Gasteiger partial charge in [-0.05, 0) is 47.0 Å². The molecule has 0 heterocycles. The molecule has 0 aliphatic rings. The van der Waals surface area contributed by atoms with E-state index < -0.39 is 11.7 Å². The van der Waals surface area contributed by atoms with Gasteiger partial charge in [-0.3, -0.25) is 4.79 Å². The van der Waals surface area contributed by atoms with E-state index in [4.69, 9.17) is 10.00 Å². The molecule has 0 saturated carbocycles. The average Bonchev–Trinajstić information content (AvgIpc) is 2.76. The van der Waals surface area contributed by atoms with Crippen LogP contribution in [-0.2, 0) is 12.7 Å². The highest BCUT2D eigenvalue weighted by Crippen LogP contribution is 2.31. The summed E-state index contributed by atoms with van der Waals surface area (Å²) in [5.74, 6) is 0.169. The number of nitriles is 1. The van der Waals surface area contributed by atoms with E-state index in [1.807, 2.05) is 6.07 Å². The summed E-state index contributed by atoms with van der Waals surface area (Å²) < 4.78 is 43.6. The summed E-state index contributed by atoms with van der Waals surface area (Å²) >= 11 is 0. The van der Waals surface area contributed by atoms with Crippen LogP contribution in [0.25, 0.3) is 11.1 Å². The predicted octanol–water partition coefficient (Wildman–Crippen LogP) is 5.20. The van der Waals surface area contributed by atoms with Crippen LogP contribution in [0.3, 0.4) is 0 Å². The molecule has 0 radical (unpaired) electrons. The number of hydrogen-bond donors (Lipinski definition) is 1. The quantitative estimate of drug-likeness (QED) is 0.607. The number of rotatable bonds is 6. The highest BCUT2D eigenvalue weighted by atomic mass is 19.4. The lowest BCUT2D eigenvalue weighted by Gasteiger charge is -2.12. The number of halogens is 3. The van der Waals surface area contributed by atoms with E-state index in [0.717, 1.165) is 17.7 Å². The fourth-order valence-electron chi connectivity index (χ4n) is 2.91. The summed E-state index contributed by atoms with van der Waals surface area (Å²) in [4.78, 5) is 12.7. The van der Waals surface area contributed by atoms with Crippen LogP contribution >= 0.6 is 0 Å². The van der Waals surface area contributed by atoms with Crippen molar-refractivity contribution in [1.29, 1.82) is 5.26 Å². The Labute approximate surface area is 171 Å². The Morgan fingerprint density at radius 1 is 1.00 bits per heavy atom. The van der Waals surface area contributed by atoms with E-state index in [-0.39, 0.29) is 19.1 Å². The number of nitrogens with zero attached hydrogens (tertiary/aromatic N) is 1. The number of hydrogen-bond acceptors (Lipinski definition) is 3. The first-order chi connectivity index (χ1) is 14.4. The van der Waals surface area contributed by atoms with Gasteiger partial charge in [-0.1, -0.05) is 42.5 Å². The molecule has 0 aliphatic carbocycles. The number of carbonyl (C=O) groups excluding carboxylic acids is 1. The summed E-state index contributed by atoms with van der Waals surface area (Å²) in [5.41, 5.74) is 1.45. The first kappa shape index (κ1) is 20.9. The second kappa shape index (κ2) is 9.14. The second-order valence-corrected chi connectivity index (χ2v) is 6.40. The maximum absolute atomic E-state index is 12.8. The van der Waals surface area contributed by atoms with E-state index in [1.165, 1.54) is 12.1 Å². The largest absolute Gasteiger partial charge is 0.479 e. The summed E-state index contributed by atoms with van der Waals surface area (Å²) in [6.45, 7) is 0.153. The van der Waals surface area contributed by atoms with E-state index in [2.05, 4.69) is 5.32 Å². The zero-order valence-electron chi connectivity index (χ0n) is 15.7. The molecule has 3 aromatic carbocycles. The minimum Gasteiger partial charge on any atom is -0.479 e. The third-order valence-corrected chi connectivity index (χ3v) is 4.35. The Balaban J connectivity index is 1.76. The van der Waals surface area contributed by atoms with Gasteiger partial charge in [0.15, 0.2) is 6.61 Å². The fourth-order valence-corrected chi connectivity index (χ4v) is 2.91. The van der Waals surface area contributed by atoms with Crippen LogP contribution < -0.4 is 10.1 Å². The zero-order valence-corrected chi connectivity index (χ0v) is 15.7. The van der Waals surface area contributed by atoms with Crippen LogP contribution in [-0.4, -0.2) is 12.5 Å². The Bertz CT molecular complexity index is 1070. The zero-order chi connectivity index (χ0) is 21.6. The number of ether oxygens (including phenoxy) is 1. The van der Waals surface area contributed by atoms with E-state index in [9.17, 15) is 18.0 Å². The fraction of sp³-hybridized carbons (Fsp3) is 0.130. The highest BCUT2D eigenvalue weighted by molar-refractivity contribution is 6.00.